The van der Waals surface area contributed by atoms with Gasteiger partial charge >= 0.3 is 17.9 Å². The molecule has 0 aliphatic carbocycles. The summed E-state index contributed by atoms with van der Waals surface area (Å²) in [6, 6.07) is 4.13. The maximum absolute atomic E-state index is 11.3. The second kappa shape index (κ2) is 7.41. The average Bonchev–Trinajstić information content (AvgIpc) is 2.50. The Balaban J connectivity index is 3.21. The van der Waals surface area contributed by atoms with Crippen LogP contribution in [0, 0.1) is 0 Å². The number of benzene rings is 1. The van der Waals surface area contributed by atoms with Crippen molar-refractivity contribution in [1.82, 2.24) is 0 Å². The van der Waals surface area contributed by atoms with Crippen LogP contribution in [-0.2, 0) is 14.3 Å². The van der Waals surface area contributed by atoms with Gasteiger partial charge in [-0.3, -0.25) is 4.79 Å². The molecule has 0 unspecified atom stereocenters. The second-order valence-corrected chi connectivity index (χ2v) is 4.57. The summed E-state index contributed by atoms with van der Waals surface area (Å²) in [7, 11) is 2.39. The lowest BCUT2D eigenvalue weighted by Crippen LogP contribution is -2.40. The van der Waals surface area contributed by atoms with Gasteiger partial charge in [0.05, 0.1) is 13.5 Å². The average molecular weight is 324 g/mol. The molecule has 0 aliphatic rings. The smallest absolute Gasteiger partial charge is 0.340 e. The number of carboxylic acid groups (broad SMARTS) is 3. The minimum Gasteiger partial charge on any atom is -0.496 e. The summed E-state index contributed by atoms with van der Waals surface area (Å²) in [5.41, 5.74) is -1.64. The van der Waals surface area contributed by atoms with Gasteiger partial charge in [0, 0.05) is 7.11 Å². The molecule has 0 saturated carbocycles. The number of carboxylic acids is 3. The molecule has 23 heavy (non-hydrogen) atoms. The first kappa shape index (κ1) is 18.2. The molecule has 3 N–H and O–H groups in total. The summed E-state index contributed by atoms with van der Waals surface area (Å²) in [5.74, 6) is -3.86. The zero-order chi connectivity index (χ0) is 17.6. The Kier molecular flexibility index (Phi) is 5.86. The zero-order valence-electron chi connectivity index (χ0n) is 12.5. The Morgan fingerprint density at radius 3 is 2.26 bits per heavy atom. The van der Waals surface area contributed by atoms with E-state index >= 15 is 0 Å². The van der Waals surface area contributed by atoms with E-state index in [1.54, 1.807) is 0 Å². The summed E-state index contributed by atoms with van der Waals surface area (Å²) in [5, 5.41) is 27.1. The van der Waals surface area contributed by atoms with Gasteiger partial charge in [-0.05, 0) is 23.8 Å². The van der Waals surface area contributed by atoms with Gasteiger partial charge in [-0.25, -0.2) is 9.59 Å². The molecule has 0 aromatic heterocycles. The van der Waals surface area contributed by atoms with Crippen molar-refractivity contribution < 1.29 is 39.2 Å². The molecule has 8 heteroatoms. The van der Waals surface area contributed by atoms with E-state index in [-0.39, 0.29) is 11.3 Å². The van der Waals surface area contributed by atoms with Crippen LogP contribution in [0.1, 0.15) is 22.3 Å². The number of aromatic carboxylic acids is 1. The maximum Gasteiger partial charge on any atom is 0.340 e. The third kappa shape index (κ3) is 4.30. The Morgan fingerprint density at radius 2 is 1.83 bits per heavy atom. The van der Waals surface area contributed by atoms with Crippen molar-refractivity contribution in [3.8, 4) is 5.75 Å². The monoisotopic (exact) mass is 324 g/mol. The van der Waals surface area contributed by atoms with Crippen LogP contribution in [0.15, 0.2) is 24.3 Å². The molecule has 124 valence electrons. The van der Waals surface area contributed by atoms with Gasteiger partial charge in [0.2, 0.25) is 0 Å². The van der Waals surface area contributed by atoms with Gasteiger partial charge in [0.1, 0.15) is 11.3 Å². The normalized spacial score (nSPS) is 13.5. The van der Waals surface area contributed by atoms with E-state index in [0.717, 1.165) is 13.2 Å². The molecule has 1 aromatic carbocycles. The first-order valence-corrected chi connectivity index (χ1v) is 6.36. The lowest BCUT2D eigenvalue weighted by Gasteiger charge is -2.22. The van der Waals surface area contributed by atoms with Gasteiger partial charge in [-0.2, -0.15) is 0 Å². The van der Waals surface area contributed by atoms with Crippen LogP contribution in [0.3, 0.4) is 0 Å². The Hall–Kier alpha value is -2.87. The molecular formula is C15H16O8. The Labute approximate surface area is 131 Å². The first-order chi connectivity index (χ1) is 10.8. The molecule has 0 amide bonds. The minimum atomic E-state index is -2.02. The van der Waals surface area contributed by atoms with Crippen LogP contribution in [-0.4, -0.2) is 53.0 Å². The number of rotatable bonds is 8. The highest BCUT2D eigenvalue weighted by atomic mass is 16.5. The van der Waals surface area contributed by atoms with Crippen LogP contribution in [0.4, 0.5) is 0 Å². The molecule has 0 aliphatic heterocycles. The number of methoxy groups -OCH3 is 2. The summed E-state index contributed by atoms with van der Waals surface area (Å²) in [4.78, 5) is 33.2. The van der Waals surface area contributed by atoms with Crippen LogP contribution < -0.4 is 4.74 Å². The van der Waals surface area contributed by atoms with Gasteiger partial charge < -0.3 is 24.8 Å². The number of ether oxygens (including phenoxy) is 2. The number of carbonyl (C=O) groups is 3. The fraction of sp³-hybridized carbons (Fsp3) is 0.267. The fourth-order valence-electron chi connectivity index (χ4n) is 1.88. The van der Waals surface area contributed by atoms with E-state index in [1.807, 2.05) is 0 Å². The second-order valence-electron chi connectivity index (χ2n) is 4.57. The van der Waals surface area contributed by atoms with Gasteiger partial charge in [0.15, 0.2) is 5.60 Å². The van der Waals surface area contributed by atoms with Crippen molar-refractivity contribution >= 4 is 24.0 Å². The largest absolute Gasteiger partial charge is 0.496 e. The summed E-state index contributed by atoms with van der Waals surface area (Å²) in [6.45, 7) is 0. The highest BCUT2D eigenvalue weighted by Crippen LogP contribution is 2.24. The van der Waals surface area contributed by atoms with Crippen molar-refractivity contribution in [1.29, 1.82) is 0 Å². The molecular weight excluding hydrogens is 308 g/mol. The van der Waals surface area contributed by atoms with E-state index < -0.39 is 29.9 Å². The molecule has 0 spiro atoms. The Bertz CT molecular complexity index is 649. The molecule has 1 atom stereocenters. The molecule has 8 nitrogen and oxygen atoms in total. The van der Waals surface area contributed by atoms with E-state index in [1.165, 1.54) is 31.4 Å². The molecule has 0 saturated heterocycles. The predicted molar refractivity (Wildman–Crippen MR) is 78.6 cm³/mol. The van der Waals surface area contributed by atoms with Gasteiger partial charge in [0.25, 0.3) is 0 Å². The first-order valence-electron chi connectivity index (χ1n) is 6.36. The summed E-state index contributed by atoms with van der Waals surface area (Å²) in [6.07, 6.45) is 1.66. The number of aliphatic carboxylic acids is 2. The molecule has 0 radical (unpaired) electrons. The van der Waals surface area contributed by atoms with E-state index in [2.05, 4.69) is 0 Å². The lowest BCUT2D eigenvalue weighted by atomic mass is 9.97. The van der Waals surface area contributed by atoms with E-state index in [9.17, 15) is 19.5 Å². The van der Waals surface area contributed by atoms with Crippen LogP contribution >= 0.6 is 0 Å². The van der Waals surface area contributed by atoms with Crippen molar-refractivity contribution in [2.45, 2.75) is 12.0 Å². The lowest BCUT2D eigenvalue weighted by molar-refractivity contribution is -0.163. The fourth-order valence-corrected chi connectivity index (χ4v) is 1.88. The van der Waals surface area contributed by atoms with Crippen molar-refractivity contribution in [3.05, 3.63) is 35.4 Å². The van der Waals surface area contributed by atoms with Crippen molar-refractivity contribution in [3.63, 3.8) is 0 Å². The maximum atomic E-state index is 11.3. The van der Waals surface area contributed by atoms with Crippen LogP contribution in [0.2, 0.25) is 0 Å². The van der Waals surface area contributed by atoms with Crippen molar-refractivity contribution in [2.75, 3.05) is 14.2 Å². The number of hydrogen-bond acceptors (Lipinski definition) is 5. The predicted octanol–water partition coefficient (Wildman–Crippen LogP) is 1.35. The third-order valence-electron chi connectivity index (χ3n) is 3.14. The topological polar surface area (TPSA) is 130 Å². The third-order valence-corrected chi connectivity index (χ3v) is 3.14. The highest BCUT2D eigenvalue weighted by molar-refractivity contribution is 5.91. The standard InChI is InChI=1S/C15H16O8/c1-22-11-7-9(3-4-10(11)13(18)19)5-6-15(23-2,14(20)21)8-12(16)17/h3-7H,8H2,1-2H3,(H,16,17)(H,18,19)(H,20,21)/b6-5+/t15-/m0/s1. The van der Waals surface area contributed by atoms with Gasteiger partial charge in [-0.15, -0.1) is 0 Å². The SMILES string of the molecule is COc1cc(/C=C/[C@@](CC(=O)O)(OC)C(=O)O)ccc1C(=O)O. The molecule has 1 rings (SSSR count). The molecule has 0 fully saturated rings. The van der Waals surface area contributed by atoms with E-state index in [0.29, 0.717) is 5.56 Å². The van der Waals surface area contributed by atoms with E-state index in [4.69, 9.17) is 19.7 Å². The minimum absolute atomic E-state index is 0.0496. The van der Waals surface area contributed by atoms with Gasteiger partial charge in [-0.1, -0.05) is 12.1 Å². The summed E-state index contributed by atoms with van der Waals surface area (Å²) < 4.78 is 9.82. The summed E-state index contributed by atoms with van der Waals surface area (Å²) >= 11 is 0. The highest BCUT2D eigenvalue weighted by Gasteiger charge is 2.38. The quantitative estimate of drug-likeness (QED) is 0.653. The molecule has 0 heterocycles. The number of hydrogen-bond donors (Lipinski definition) is 3. The Morgan fingerprint density at radius 1 is 1.17 bits per heavy atom. The van der Waals surface area contributed by atoms with Crippen LogP contribution in [0.5, 0.6) is 5.75 Å². The van der Waals surface area contributed by atoms with Crippen molar-refractivity contribution in [2.24, 2.45) is 0 Å². The molecule has 1 aromatic rings. The zero-order valence-corrected chi connectivity index (χ0v) is 12.5. The molecule has 0 bridgehead atoms. The van der Waals surface area contributed by atoms with Crippen LogP contribution in [0.25, 0.3) is 6.08 Å².